The van der Waals surface area contributed by atoms with Crippen molar-refractivity contribution in [2.45, 2.75) is 62.1 Å². The van der Waals surface area contributed by atoms with Gasteiger partial charge in [-0.3, -0.25) is 0 Å². The minimum absolute atomic E-state index is 0.789. The molecule has 3 heteroatoms. The molecule has 1 N–H and O–H groups in total. The second-order valence-electron chi connectivity index (χ2n) is 5.31. The van der Waals surface area contributed by atoms with E-state index in [1.54, 1.807) is 0 Å². The molecule has 2 rings (SSSR count). The van der Waals surface area contributed by atoms with Gasteiger partial charge in [-0.1, -0.05) is 43.9 Å². The zero-order valence-corrected chi connectivity index (χ0v) is 13.3. The van der Waals surface area contributed by atoms with Gasteiger partial charge in [-0.2, -0.15) is 0 Å². The van der Waals surface area contributed by atoms with Crippen molar-refractivity contribution in [2.24, 2.45) is 0 Å². The molecule has 0 aromatic heterocycles. The van der Waals surface area contributed by atoms with Gasteiger partial charge in [-0.15, -0.1) is 11.8 Å². The van der Waals surface area contributed by atoms with Crippen LogP contribution in [0.5, 0.6) is 0 Å². The second kappa shape index (κ2) is 8.18. The van der Waals surface area contributed by atoms with E-state index in [0.29, 0.717) is 0 Å². The highest BCUT2D eigenvalue weighted by Gasteiger charge is 2.16. The van der Waals surface area contributed by atoms with E-state index >= 15 is 0 Å². The molecule has 0 bridgehead atoms. The predicted molar refractivity (Wildman–Crippen MR) is 86.2 cm³/mol. The first-order valence-corrected chi connectivity index (χ1v) is 8.71. The third-order valence-electron chi connectivity index (χ3n) is 3.62. The van der Waals surface area contributed by atoms with E-state index in [1.165, 1.54) is 49.0 Å². The van der Waals surface area contributed by atoms with Crippen LogP contribution in [0.1, 0.15) is 51.0 Å². The topological polar surface area (TPSA) is 12.0 Å². The van der Waals surface area contributed by atoms with Gasteiger partial charge in [-0.25, -0.2) is 0 Å². The molecule has 106 valence electrons. The van der Waals surface area contributed by atoms with Gasteiger partial charge in [0.1, 0.15) is 0 Å². The Kier molecular flexibility index (Phi) is 6.55. The zero-order valence-electron chi connectivity index (χ0n) is 11.8. The number of rotatable bonds is 6. The highest BCUT2D eigenvalue weighted by molar-refractivity contribution is 8.00. The van der Waals surface area contributed by atoms with Crippen LogP contribution in [-0.4, -0.2) is 11.8 Å². The van der Waals surface area contributed by atoms with E-state index in [9.17, 15) is 0 Å². The summed E-state index contributed by atoms with van der Waals surface area (Å²) in [5, 5.41) is 5.14. The minimum atomic E-state index is 0.789. The molecule has 1 aromatic rings. The molecule has 0 aliphatic heterocycles. The van der Waals surface area contributed by atoms with Crippen molar-refractivity contribution in [3.8, 4) is 0 Å². The Labute approximate surface area is 126 Å². The molecule has 19 heavy (non-hydrogen) atoms. The number of benzene rings is 1. The Morgan fingerprint density at radius 2 is 2.05 bits per heavy atom. The van der Waals surface area contributed by atoms with Gasteiger partial charge in [0.25, 0.3) is 0 Å². The van der Waals surface area contributed by atoms with E-state index in [-0.39, 0.29) is 0 Å². The van der Waals surface area contributed by atoms with Gasteiger partial charge in [0.2, 0.25) is 0 Å². The molecule has 0 spiro atoms. The summed E-state index contributed by atoms with van der Waals surface area (Å²) >= 11 is 8.20. The smallest absolute Gasteiger partial charge is 0.0417 e. The molecule has 0 saturated heterocycles. The number of thioether (sulfide) groups is 1. The lowest BCUT2D eigenvalue weighted by molar-refractivity contribution is 0.516. The molecule has 1 aliphatic rings. The normalized spacial score (nSPS) is 16.7. The summed E-state index contributed by atoms with van der Waals surface area (Å²) in [5.74, 6) is 0. The summed E-state index contributed by atoms with van der Waals surface area (Å²) in [7, 11) is 0. The van der Waals surface area contributed by atoms with Crippen LogP contribution in [0.15, 0.2) is 23.1 Å². The second-order valence-corrected chi connectivity index (χ2v) is 7.09. The van der Waals surface area contributed by atoms with E-state index < -0.39 is 0 Å². The molecule has 0 unspecified atom stereocenters. The monoisotopic (exact) mass is 297 g/mol. The molecule has 0 heterocycles. The van der Waals surface area contributed by atoms with Crippen LogP contribution in [-0.2, 0) is 6.54 Å². The lowest BCUT2D eigenvalue weighted by atomic mass is 10.0. The molecule has 0 atom stereocenters. The van der Waals surface area contributed by atoms with Gasteiger partial charge in [0.15, 0.2) is 0 Å². The Bertz CT molecular complexity index is 388. The fourth-order valence-electron chi connectivity index (χ4n) is 2.55. The van der Waals surface area contributed by atoms with Gasteiger partial charge in [0, 0.05) is 21.7 Å². The first-order valence-electron chi connectivity index (χ1n) is 7.45. The fraction of sp³-hybridized carbons (Fsp3) is 0.625. The maximum Gasteiger partial charge on any atom is 0.0417 e. The molecule has 1 saturated carbocycles. The lowest BCUT2D eigenvalue weighted by Gasteiger charge is -2.22. The fourth-order valence-corrected chi connectivity index (χ4v) is 4.20. The maximum absolute atomic E-state index is 6.16. The maximum atomic E-state index is 6.16. The molecular weight excluding hydrogens is 274 g/mol. The number of hydrogen-bond acceptors (Lipinski definition) is 2. The van der Waals surface area contributed by atoms with E-state index in [4.69, 9.17) is 11.6 Å². The molecule has 1 aliphatic carbocycles. The van der Waals surface area contributed by atoms with Crippen LogP contribution < -0.4 is 5.32 Å². The van der Waals surface area contributed by atoms with Crippen LogP contribution in [0.3, 0.4) is 0 Å². The van der Waals surface area contributed by atoms with Gasteiger partial charge in [0.05, 0.1) is 0 Å². The quantitative estimate of drug-likeness (QED) is 0.718. The number of hydrogen-bond donors (Lipinski definition) is 1. The third-order valence-corrected chi connectivity index (χ3v) is 5.29. The summed E-state index contributed by atoms with van der Waals surface area (Å²) < 4.78 is 0. The Morgan fingerprint density at radius 3 is 2.79 bits per heavy atom. The Balaban J connectivity index is 2.01. The van der Waals surface area contributed by atoms with E-state index in [1.807, 2.05) is 17.8 Å². The van der Waals surface area contributed by atoms with E-state index in [0.717, 1.165) is 23.4 Å². The van der Waals surface area contributed by atoms with Crippen LogP contribution in [0.2, 0.25) is 5.02 Å². The summed E-state index contributed by atoms with van der Waals surface area (Å²) in [4.78, 5) is 1.38. The zero-order chi connectivity index (χ0) is 13.5. The molecule has 1 aromatic carbocycles. The molecule has 0 amide bonds. The number of nitrogens with one attached hydrogen (secondary N) is 1. The first kappa shape index (κ1) is 15.2. The molecule has 1 nitrogen and oxygen atoms in total. The van der Waals surface area contributed by atoms with Crippen molar-refractivity contribution in [1.82, 2.24) is 5.32 Å². The average Bonchev–Trinajstić information content (AvgIpc) is 2.43. The largest absolute Gasteiger partial charge is 0.313 e. The van der Waals surface area contributed by atoms with Gasteiger partial charge in [-0.05, 0) is 43.5 Å². The van der Waals surface area contributed by atoms with Crippen LogP contribution in [0, 0.1) is 0 Å². The number of halogens is 1. The summed E-state index contributed by atoms with van der Waals surface area (Å²) in [6.45, 7) is 4.24. The van der Waals surface area contributed by atoms with Crippen molar-refractivity contribution in [3.05, 3.63) is 28.8 Å². The molecule has 0 radical (unpaired) electrons. The lowest BCUT2D eigenvalue weighted by Crippen LogP contribution is -2.15. The van der Waals surface area contributed by atoms with Crippen molar-refractivity contribution in [2.75, 3.05) is 6.54 Å². The van der Waals surface area contributed by atoms with Crippen LogP contribution in [0.4, 0.5) is 0 Å². The highest BCUT2D eigenvalue weighted by Crippen LogP contribution is 2.36. The van der Waals surface area contributed by atoms with Gasteiger partial charge < -0.3 is 5.32 Å². The molecular formula is C16H24ClNS. The Hall–Kier alpha value is -0.180. The highest BCUT2D eigenvalue weighted by atomic mass is 35.5. The van der Waals surface area contributed by atoms with E-state index in [2.05, 4.69) is 24.4 Å². The summed E-state index contributed by atoms with van der Waals surface area (Å²) in [6, 6.07) is 6.33. The summed E-state index contributed by atoms with van der Waals surface area (Å²) in [6.07, 6.45) is 8.09. The van der Waals surface area contributed by atoms with Gasteiger partial charge >= 0.3 is 0 Å². The Morgan fingerprint density at radius 1 is 1.26 bits per heavy atom. The van der Waals surface area contributed by atoms with Crippen molar-refractivity contribution in [1.29, 1.82) is 0 Å². The minimum Gasteiger partial charge on any atom is -0.313 e. The molecule has 1 fully saturated rings. The third kappa shape index (κ3) is 5.02. The summed E-state index contributed by atoms with van der Waals surface area (Å²) in [5.41, 5.74) is 1.40. The first-order chi connectivity index (χ1) is 9.29. The SMILES string of the molecule is CCCNCc1ccc(Cl)cc1SC1CCCCC1. The average molecular weight is 298 g/mol. The van der Waals surface area contributed by atoms with Crippen molar-refractivity contribution >= 4 is 23.4 Å². The predicted octanol–water partition coefficient (Wildman–Crippen LogP) is 5.26. The van der Waals surface area contributed by atoms with Crippen molar-refractivity contribution < 1.29 is 0 Å². The van der Waals surface area contributed by atoms with Crippen LogP contribution >= 0.6 is 23.4 Å². The van der Waals surface area contributed by atoms with Crippen LogP contribution in [0.25, 0.3) is 0 Å². The standard InChI is InChI=1S/C16H24ClNS/c1-2-10-18-12-13-8-9-14(17)11-16(13)19-15-6-4-3-5-7-15/h8-9,11,15,18H,2-7,10,12H2,1H3. The van der Waals surface area contributed by atoms with Crippen molar-refractivity contribution in [3.63, 3.8) is 0 Å².